The van der Waals surface area contributed by atoms with Crippen LogP contribution in [0.1, 0.15) is 25.3 Å². The first-order valence-corrected chi connectivity index (χ1v) is 10.1. The van der Waals surface area contributed by atoms with Crippen molar-refractivity contribution >= 4 is 28.8 Å². The molecule has 0 radical (unpaired) electrons. The molecule has 0 aliphatic carbocycles. The molecular weight excluding hydrogens is 418 g/mol. The second-order valence-corrected chi connectivity index (χ2v) is 7.69. The van der Waals surface area contributed by atoms with Gasteiger partial charge in [0.25, 0.3) is 5.88 Å². The normalized spacial score (nSPS) is 11.1. The van der Waals surface area contributed by atoms with Gasteiger partial charge in [-0.05, 0) is 47.9 Å². The van der Waals surface area contributed by atoms with Crippen LogP contribution in [0.3, 0.4) is 0 Å². The quantitative estimate of drug-likeness (QED) is 0.490. The predicted molar refractivity (Wildman–Crippen MR) is 118 cm³/mol. The van der Waals surface area contributed by atoms with Crippen molar-refractivity contribution in [1.82, 2.24) is 19.2 Å². The van der Waals surface area contributed by atoms with Gasteiger partial charge in [-0.2, -0.15) is 0 Å². The van der Waals surface area contributed by atoms with Gasteiger partial charge in [-0.15, -0.1) is 5.10 Å². The number of hydrogen-bond donors (Lipinski definition) is 1. The summed E-state index contributed by atoms with van der Waals surface area (Å²) < 4.78 is 8.10. The Hall–Kier alpha value is -3.65. The maximum Gasteiger partial charge on any atom is 0.351 e. The molecular formula is C22H20ClN5O3. The van der Waals surface area contributed by atoms with Crippen LogP contribution in [0, 0.1) is 0 Å². The summed E-state index contributed by atoms with van der Waals surface area (Å²) in [6.45, 7) is 3.91. The minimum Gasteiger partial charge on any atom is -0.436 e. The van der Waals surface area contributed by atoms with Crippen LogP contribution in [0.2, 0.25) is 5.02 Å². The lowest BCUT2D eigenvalue weighted by molar-refractivity contribution is -0.117. The largest absolute Gasteiger partial charge is 0.436 e. The van der Waals surface area contributed by atoms with E-state index in [0.29, 0.717) is 22.4 Å². The fourth-order valence-corrected chi connectivity index (χ4v) is 3.15. The van der Waals surface area contributed by atoms with Crippen LogP contribution in [-0.2, 0) is 11.3 Å². The molecule has 0 unspecified atom stereocenters. The third-order valence-electron chi connectivity index (χ3n) is 4.63. The number of nitrogens with one attached hydrogen (secondary N) is 1. The zero-order chi connectivity index (χ0) is 22.0. The Labute approximate surface area is 183 Å². The zero-order valence-electron chi connectivity index (χ0n) is 16.9. The monoisotopic (exact) mass is 437 g/mol. The molecule has 8 nitrogen and oxygen atoms in total. The van der Waals surface area contributed by atoms with E-state index in [2.05, 4.69) is 29.2 Å². The van der Waals surface area contributed by atoms with E-state index < -0.39 is 5.69 Å². The number of ether oxygens (including phenoxy) is 1. The molecule has 0 aliphatic heterocycles. The minimum atomic E-state index is -0.468. The van der Waals surface area contributed by atoms with Gasteiger partial charge in [-0.25, -0.2) is 18.9 Å². The summed E-state index contributed by atoms with van der Waals surface area (Å²) in [5.41, 5.74) is 1.51. The molecule has 0 bridgehead atoms. The van der Waals surface area contributed by atoms with Crippen molar-refractivity contribution in [1.29, 1.82) is 0 Å². The van der Waals surface area contributed by atoms with E-state index in [1.807, 2.05) is 18.2 Å². The highest BCUT2D eigenvalue weighted by molar-refractivity contribution is 6.30. The molecule has 4 rings (SSSR count). The zero-order valence-corrected chi connectivity index (χ0v) is 17.7. The van der Waals surface area contributed by atoms with E-state index in [9.17, 15) is 9.59 Å². The summed E-state index contributed by atoms with van der Waals surface area (Å²) in [5.74, 6) is 0.615. The van der Waals surface area contributed by atoms with Gasteiger partial charge >= 0.3 is 5.69 Å². The number of amides is 1. The summed E-state index contributed by atoms with van der Waals surface area (Å²) in [6, 6.07) is 14.3. The second kappa shape index (κ2) is 8.61. The second-order valence-electron chi connectivity index (χ2n) is 7.25. The van der Waals surface area contributed by atoms with Gasteiger partial charge in [-0.3, -0.25) is 4.79 Å². The van der Waals surface area contributed by atoms with Gasteiger partial charge in [0, 0.05) is 23.1 Å². The van der Waals surface area contributed by atoms with Crippen molar-refractivity contribution in [3.05, 3.63) is 82.0 Å². The molecule has 0 atom stereocenters. The highest BCUT2D eigenvalue weighted by Gasteiger charge is 2.16. The van der Waals surface area contributed by atoms with E-state index in [1.54, 1.807) is 30.3 Å². The SMILES string of the molecule is CC(C)c1cccc(NC(=O)Cn2nc3c(Oc4ccc(Cl)cc4)nccn3c2=O)c1. The number of rotatable bonds is 6. The highest BCUT2D eigenvalue weighted by Crippen LogP contribution is 2.23. The van der Waals surface area contributed by atoms with Crippen LogP contribution in [0.5, 0.6) is 11.6 Å². The third kappa shape index (κ3) is 4.59. The Morgan fingerprint density at radius 3 is 2.71 bits per heavy atom. The van der Waals surface area contributed by atoms with E-state index in [-0.39, 0.29) is 24.0 Å². The number of halogens is 1. The fourth-order valence-electron chi connectivity index (χ4n) is 3.03. The summed E-state index contributed by atoms with van der Waals surface area (Å²) in [4.78, 5) is 29.4. The van der Waals surface area contributed by atoms with Gasteiger partial charge in [0.15, 0.2) is 0 Å². The summed E-state index contributed by atoms with van der Waals surface area (Å²) in [7, 11) is 0. The topological polar surface area (TPSA) is 90.5 Å². The molecule has 0 spiro atoms. The van der Waals surface area contributed by atoms with Crippen LogP contribution >= 0.6 is 11.6 Å². The lowest BCUT2D eigenvalue weighted by Gasteiger charge is -2.09. The first-order valence-electron chi connectivity index (χ1n) is 9.68. The summed E-state index contributed by atoms with van der Waals surface area (Å²) >= 11 is 5.89. The maximum absolute atomic E-state index is 12.7. The lowest BCUT2D eigenvalue weighted by Crippen LogP contribution is -2.28. The van der Waals surface area contributed by atoms with Gasteiger partial charge in [-0.1, -0.05) is 37.6 Å². The number of fused-ring (bicyclic) bond motifs is 1. The van der Waals surface area contributed by atoms with Crippen LogP contribution in [-0.4, -0.2) is 25.1 Å². The standard InChI is InChI=1S/C22H20ClN5O3/c1-14(2)15-4-3-5-17(12-15)25-19(29)13-28-22(30)27-11-10-24-21(20(27)26-28)31-18-8-6-16(23)7-9-18/h3-12,14H,13H2,1-2H3,(H,25,29). The molecule has 0 fully saturated rings. The van der Waals surface area contributed by atoms with Crippen LogP contribution < -0.4 is 15.7 Å². The van der Waals surface area contributed by atoms with Crippen molar-refractivity contribution in [3.63, 3.8) is 0 Å². The van der Waals surface area contributed by atoms with E-state index in [1.165, 1.54) is 16.8 Å². The van der Waals surface area contributed by atoms with Crippen molar-refractivity contribution in [3.8, 4) is 11.6 Å². The summed E-state index contributed by atoms with van der Waals surface area (Å²) in [6.07, 6.45) is 2.91. The Morgan fingerprint density at radius 1 is 1.19 bits per heavy atom. The molecule has 0 saturated carbocycles. The number of aromatic nitrogens is 4. The maximum atomic E-state index is 12.7. The van der Waals surface area contributed by atoms with E-state index in [4.69, 9.17) is 16.3 Å². The Kier molecular flexibility index (Phi) is 5.73. The number of benzene rings is 2. The highest BCUT2D eigenvalue weighted by atomic mass is 35.5. The van der Waals surface area contributed by atoms with E-state index in [0.717, 1.165) is 10.2 Å². The predicted octanol–water partition coefficient (Wildman–Crippen LogP) is 4.10. The van der Waals surface area contributed by atoms with Crippen molar-refractivity contribution in [2.75, 3.05) is 5.32 Å². The molecule has 4 aromatic rings. The smallest absolute Gasteiger partial charge is 0.351 e. The van der Waals surface area contributed by atoms with Crippen LogP contribution in [0.15, 0.2) is 65.7 Å². The Bertz CT molecular complexity index is 1290. The number of hydrogen-bond acceptors (Lipinski definition) is 5. The van der Waals surface area contributed by atoms with Crippen molar-refractivity contribution < 1.29 is 9.53 Å². The van der Waals surface area contributed by atoms with Crippen molar-refractivity contribution in [2.45, 2.75) is 26.3 Å². The molecule has 31 heavy (non-hydrogen) atoms. The molecule has 1 N–H and O–H groups in total. The van der Waals surface area contributed by atoms with Gasteiger partial charge < -0.3 is 10.1 Å². The number of anilines is 1. The molecule has 9 heteroatoms. The molecule has 2 heterocycles. The number of nitrogens with zero attached hydrogens (tertiary/aromatic N) is 4. The molecule has 2 aromatic heterocycles. The van der Waals surface area contributed by atoms with E-state index >= 15 is 0 Å². The molecule has 2 aromatic carbocycles. The van der Waals surface area contributed by atoms with Crippen LogP contribution in [0.25, 0.3) is 5.65 Å². The number of carbonyl (C=O) groups excluding carboxylic acids is 1. The van der Waals surface area contributed by atoms with Crippen LogP contribution in [0.4, 0.5) is 5.69 Å². The first-order chi connectivity index (χ1) is 14.9. The Balaban J connectivity index is 1.56. The molecule has 1 amide bonds. The van der Waals surface area contributed by atoms with Gasteiger partial charge in [0.1, 0.15) is 12.3 Å². The van der Waals surface area contributed by atoms with Gasteiger partial charge in [0.2, 0.25) is 11.6 Å². The van der Waals surface area contributed by atoms with Crippen molar-refractivity contribution in [2.24, 2.45) is 0 Å². The minimum absolute atomic E-state index is 0.144. The molecule has 158 valence electrons. The van der Waals surface area contributed by atoms with Gasteiger partial charge in [0.05, 0.1) is 0 Å². The average Bonchev–Trinajstić information content (AvgIpc) is 3.06. The summed E-state index contributed by atoms with van der Waals surface area (Å²) in [5, 5.41) is 7.63. The molecule has 0 saturated heterocycles. The third-order valence-corrected chi connectivity index (χ3v) is 4.88. The molecule has 0 aliphatic rings. The number of carbonyl (C=O) groups is 1. The lowest BCUT2D eigenvalue weighted by atomic mass is 10.0. The fraction of sp³-hybridized carbons (Fsp3) is 0.182. The Morgan fingerprint density at radius 2 is 1.97 bits per heavy atom. The first kappa shape index (κ1) is 20.6. The average molecular weight is 438 g/mol.